The van der Waals surface area contributed by atoms with Crippen LogP contribution in [0.4, 0.5) is 0 Å². The summed E-state index contributed by atoms with van der Waals surface area (Å²) in [6.45, 7) is 0. The Labute approximate surface area is 347 Å². The minimum Gasteiger partial charge on any atom is -0.309 e. The molecule has 0 aliphatic carbocycles. The third-order valence-corrected chi connectivity index (χ3v) is 12.8. The van der Waals surface area contributed by atoms with Crippen LogP contribution in [0.25, 0.3) is 121 Å². The summed E-state index contributed by atoms with van der Waals surface area (Å²) in [5, 5.41) is 7.51. The van der Waals surface area contributed by atoms with E-state index >= 15 is 0 Å². The maximum absolute atomic E-state index is 2.49. The standard InChI is InChI=1S/C58H36N2/c1-2-13-37(14-3-1)43-32-44(40-26-25-38-15-4-5-16-39(38)31-40)34-45(33-43)59-54-23-10-9-20-49(54)52-35-41(27-29-56(52)59)42-28-30-57-53(36-42)51-22-12-21-50-47-18-7-6-17-46(47)48-19-8-11-24-55(48)60(57)58(50)51/h1-36H. The molecule has 278 valence electrons. The van der Waals surface area contributed by atoms with Gasteiger partial charge in [0.2, 0.25) is 0 Å². The number of para-hydroxylation sites is 3. The van der Waals surface area contributed by atoms with Crippen LogP contribution in [0.1, 0.15) is 0 Å². The summed E-state index contributed by atoms with van der Waals surface area (Å²) < 4.78 is 4.95. The van der Waals surface area contributed by atoms with Gasteiger partial charge in [0.1, 0.15) is 0 Å². The lowest BCUT2D eigenvalue weighted by Gasteiger charge is -2.14. The van der Waals surface area contributed by atoms with E-state index in [-0.39, 0.29) is 0 Å². The molecule has 2 nitrogen and oxygen atoms in total. The van der Waals surface area contributed by atoms with Gasteiger partial charge >= 0.3 is 0 Å². The summed E-state index contributed by atoms with van der Waals surface area (Å²) in [5.74, 6) is 0. The molecule has 0 N–H and O–H groups in total. The maximum Gasteiger partial charge on any atom is 0.0619 e. The average Bonchev–Trinajstić information content (AvgIpc) is 3.79. The Morgan fingerprint density at radius 2 is 0.800 bits per heavy atom. The highest BCUT2D eigenvalue weighted by molar-refractivity contribution is 6.17. The van der Waals surface area contributed by atoms with Crippen molar-refractivity contribution in [2.45, 2.75) is 0 Å². The minimum absolute atomic E-state index is 1.15. The van der Waals surface area contributed by atoms with E-state index in [4.69, 9.17) is 0 Å². The quantitative estimate of drug-likeness (QED) is 0.169. The van der Waals surface area contributed by atoms with E-state index in [0.717, 1.165) is 5.69 Å². The van der Waals surface area contributed by atoms with Crippen molar-refractivity contribution >= 4 is 54.4 Å². The second-order valence-electron chi connectivity index (χ2n) is 16.1. The molecule has 3 heterocycles. The molecule has 0 unspecified atom stereocenters. The van der Waals surface area contributed by atoms with Gasteiger partial charge in [-0.15, -0.1) is 0 Å². The zero-order chi connectivity index (χ0) is 39.3. The smallest absolute Gasteiger partial charge is 0.0619 e. The SMILES string of the molecule is c1ccc(-c2cc(-c3ccc4ccccc4c3)cc(-n3c4ccccc4c4cc(-c5ccc6c(c5)c5cccc7c5n6-c5ccccc5-c5ccccc5-7)ccc43)c2)cc1. The Kier molecular flexibility index (Phi) is 7.05. The molecular weight excluding hydrogens is 725 g/mol. The van der Waals surface area contributed by atoms with Crippen LogP contribution in [-0.4, -0.2) is 9.13 Å². The molecule has 0 atom stereocenters. The van der Waals surface area contributed by atoms with Crippen LogP contribution >= 0.6 is 0 Å². The van der Waals surface area contributed by atoms with E-state index in [0.29, 0.717) is 0 Å². The predicted molar refractivity (Wildman–Crippen MR) is 253 cm³/mol. The van der Waals surface area contributed by atoms with Crippen molar-refractivity contribution in [2.75, 3.05) is 0 Å². The van der Waals surface area contributed by atoms with Crippen molar-refractivity contribution in [3.8, 4) is 67.0 Å². The fourth-order valence-corrected chi connectivity index (χ4v) is 10.1. The highest BCUT2D eigenvalue weighted by atomic mass is 15.0. The highest BCUT2D eigenvalue weighted by Crippen LogP contribution is 2.47. The van der Waals surface area contributed by atoms with Crippen molar-refractivity contribution in [1.82, 2.24) is 9.13 Å². The molecule has 1 aliphatic heterocycles. The number of fused-ring (bicyclic) bond motifs is 12. The van der Waals surface area contributed by atoms with Crippen molar-refractivity contribution in [2.24, 2.45) is 0 Å². The summed E-state index contributed by atoms with van der Waals surface area (Å²) in [6, 6.07) is 80.7. The summed E-state index contributed by atoms with van der Waals surface area (Å²) >= 11 is 0. The first-order chi connectivity index (χ1) is 29.7. The van der Waals surface area contributed by atoms with Crippen LogP contribution in [0.15, 0.2) is 218 Å². The van der Waals surface area contributed by atoms with E-state index in [2.05, 4.69) is 228 Å². The lowest BCUT2D eigenvalue weighted by atomic mass is 9.93. The number of hydrogen-bond acceptors (Lipinski definition) is 0. The first kappa shape index (κ1) is 33.1. The minimum atomic E-state index is 1.15. The molecule has 10 aromatic carbocycles. The third kappa shape index (κ3) is 4.88. The maximum atomic E-state index is 2.49. The number of benzene rings is 10. The second-order valence-corrected chi connectivity index (χ2v) is 16.1. The number of aromatic nitrogens is 2. The number of rotatable bonds is 4. The van der Waals surface area contributed by atoms with Crippen LogP contribution in [-0.2, 0) is 0 Å². The Hall–Kier alpha value is -7.94. The molecule has 1 aliphatic rings. The normalized spacial score (nSPS) is 12.0. The molecule has 60 heavy (non-hydrogen) atoms. The Bertz CT molecular complexity index is 3710. The molecule has 0 fully saturated rings. The molecular formula is C58H36N2. The van der Waals surface area contributed by atoms with Gasteiger partial charge in [-0.25, -0.2) is 0 Å². The number of hydrogen-bond donors (Lipinski definition) is 0. The summed E-state index contributed by atoms with van der Waals surface area (Å²) in [5.41, 5.74) is 19.5. The fraction of sp³-hybridized carbons (Fsp3) is 0. The lowest BCUT2D eigenvalue weighted by molar-refractivity contribution is 1.18. The van der Waals surface area contributed by atoms with E-state index in [1.165, 1.54) is 116 Å². The van der Waals surface area contributed by atoms with Crippen molar-refractivity contribution in [1.29, 1.82) is 0 Å². The van der Waals surface area contributed by atoms with Gasteiger partial charge < -0.3 is 9.13 Å². The van der Waals surface area contributed by atoms with Crippen LogP contribution in [0.2, 0.25) is 0 Å². The third-order valence-electron chi connectivity index (χ3n) is 12.8. The van der Waals surface area contributed by atoms with Crippen LogP contribution in [0, 0.1) is 0 Å². The van der Waals surface area contributed by atoms with E-state index in [1.54, 1.807) is 0 Å². The fourth-order valence-electron chi connectivity index (χ4n) is 10.1. The molecule has 0 saturated heterocycles. The van der Waals surface area contributed by atoms with Gasteiger partial charge in [0.25, 0.3) is 0 Å². The monoisotopic (exact) mass is 760 g/mol. The first-order valence-corrected chi connectivity index (χ1v) is 20.8. The lowest BCUT2D eigenvalue weighted by Crippen LogP contribution is -1.96. The highest BCUT2D eigenvalue weighted by Gasteiger charge is 2.24. The van der Waals surface area contributed by atoms with Gasteiger partial charge in [-0.1, -0.05) is 158 Å². The molecule has 2 heteroatoms. The molecule has 2 aromatic heterocycles. The molecule has 0 radical (unpaired) electrons. The topological polar surface area (TPSA) is 9.86 Å². The van der Waals surface area contributed by atoms with Crippen molar-refractivity contribution in [3.05, 3.63) is 218 Å². The molecule has 13 rings (SSSR count). The zero-order valence-electron chi connectivity index (χ0n) is 32.7. The van der Waals surface area contributed by atoms with Gasteiger partial charge in [-0.05, 0) is 116 Å². The molecule has 0 saturated carbocycles. The molecule has 12 aromatic rings. The van der Waals surface area contributed by atoms with Gasteiger partial charge in [0.15, 0.2) is 0 Å². The number of nitrogens with zero attached hydrogens (tertiary/aromatic N) is 2. The average molecular weight is 761 g/mol. The van der Waals surface area contributed by atoms with Gasteiger partial charge in [0, 0.05) is 38.4 Å². The van der Waals surface area contributed by atoms with Crippen molar-refractivity contribution < 1.29 is 0 Å². The van der Waals surface area contributed by atoms with Gasteiger partial charge in [-0.3, -0.25) is 0 Å². The Morgan fingerprint density at radius 3 is 1.62 bits per heavy atom. The van der Waals surface area contributed by atoms with E-state index in [1.807, 2.05) is 0 Å². The van der Waals surface area contributed by atoms with Gasteiger partial charge in [-0.2, -0.15) is 0 Å². The summed E-state index contributed by atoms with van der Waals surface area (Å²) in [4.78, 5) is 0. The predicted octanol–water partition coefficient (Wildman–Crippen LogP) is 15.7. The van der Waals surface area contributed by atoms with Crippen LogP contribution in [0.3, 0.4) is 0 Å². The molecule has 0 bridgehead atoms. The summed E-state index contributed by atoms with van der Waals surface area (Å²) in [7, 11) is 0. The van der Waals surface area contributed by atoms with Crippen LogP contribution < -0.4 is 0 Å². The second kappa shape index (κ2) is 12.8. The molecule has 0 spiro atoms. The summed E-state index contributed by atoms with van der Waals surface area (Å²) in [6.07, 6.45) is 0. The first-order valence-electron chi connectivity index (χ1n) is 20.8. The van der Waals surface area contributed by atoms with Crippen molar-refractivity contribution in [3.63, 3.8) is 0 Å². The molecule has 0 amide bonds. The van der Waals surface area contributed by atoms with E-state index in [9.17, 15) is 0 Å². The largest absolute Gasteiger partial charge is 0.309 e. The Morgan fingerprint density at radius 1 is 0.250 bits per heavy atom. The van der Waals surface area contributed by atoms with E-state index < -0.39 is 0 Å². The zero-order valence-corrected chi connectivity index (χ0v) is 32.7. The Balaban J connectivity index is 1.01. The van der Waals surface area contributed by atoms with Gasteiger partial charge in [0.05, 0.1) is 27.8 Å². The van der Waals surface area contributed by atoms with Crippen LogP contribution in [0.5, 0.6) is 0 Å².